The maximum absolute atomic E-state index is 12.7. The van der Waals surface area contributed by atoms with E-state index in [0.717, 1.165) is 25.9 Å². The Balaban J connectivity index is 1.94. The first-order valence-corrected chi connectivity index (χ1v) is 8.05. The van der Waals surface area contributed by atoms with Crippen molar-refractivity contribution < 1.29 is 14.6 Å². The van der Waals surface area contributed by atoms with E-state index in [1.54, 1.807) is 6.07 Å². The normalized spacial score (nSPS) is 13.5. The van der Waals surface area contributed by atoms with Crippen molar-refractivity contribution in [2.24, 2.45) is 0 Å². The van der Waals surface area contributed by atoms with Gasteiger partial charge in [-0.15, -0.1) is 0 Å². The number of nitrogens with one attached hydrogen (secondary N) is 1. The smallest absolute Gasteiger partial charge is 0.271 e. The standard InChI is InChI=1S/C17H16N4O5/c22-17(18-12-4-3-5-13(10-12)20(23)24)15-11-14(21(25)26)6-7-16(15)19-8-1-2-9-19/h3-7,10-11H,1-2,8-9H2,(H,18,22). The number of rotatable bonds is 5. The minimum Gasteiger partial charge on any atom is -0.371 e. The third kappa shape index (κ3) is 3.61. The molecule has 26 heavy (non-hydrogen) atoms. The van der Waals surface area contributed by atoms with Crippen LogP contribution in [-0.2, 0) is 0 Å². The average molecular weight is 356 g/mol. The molecular weight excluding hydrogens is 340 g/mol. The Morgan fingerprint density at radius 1 is 0.962 bits per heavy atom. The maximum atomic E-state index is 12.7. The van der Waals surface area contributed by atoms with Crippen LogP contribution in [0.1, 0.15) is 23.2 Å². The molecule has 1 N–H and O–H groups in total. The van der Waals surface area contributed by atoms with Gasteiger partial charge in [-0.25, -0.2) is 0 Å². The highest BCUT2D eigenvalue weighted by Gasteiger charge is 2.23. The number of carbonyl (C=O) groups is 1. The summed E-state index contributed by atoms with van der Waals surface area (Å²) in [4.78, 5) is 35.5. The molecule has 1 amide bonds. The zero-order chi connectivity index (χ0) is 18.7. The van der Waals surface area contributed by atoms with Gasteiger partial charge in [-0.3, -0.25) is 25.0 Å². The quantitative estimate of drug-likeness (QED) is 0.648. The monoisotopic (exact) mass is 356 g/mol. The number of hydrogen-bond donors (Lipinski definition) is 1. The lowest BCUT2D eigenvalue weighted by Crippen LogP contribution is -2.23. The average Bonchev–Trinajstić information content (AvgIpc) is 3.15. The molecule has 0 aromatic heterocycles. The van der Waals surface area contributed by atoms with Gasteiger partial charge in [0.25, 0.3) is 17.3 Å². The molecule has 3 rings (SSSR count). The molecule has 0 spiro atoms. The summed E-state index contributed by atoms with van der Waals surface area (Å²) in [5, 5.41) is 24.5. The van der Waals surface area contributed by atoms with Crippen molar-refractivity contribution in [3.05, 3.63) is 68.3 Å². The third-order valence-corrected chi connectivity index (χ3v) is 4.20. The Morgan fingerprint density at radius 2 is 1.62 bits per heavy atom. The molecule has 1 aliphatic rings. The zero-order valence-corrected chi connectivity index (χ0v) is 13.8. The number of nitro groups is 2. The molecule has 9 nitrogen and oxygen atoms in total. The van der Waals surface area contributed by atoms with Crippen LogP contribution in [0.2, 0.25) is 0 Å². The van der Waals surface area contributed by atoms with Crippen molar-refractivity contribution in [1.82, 2.24) is 0 Å². The molecule has 0 atom stereocenters. The molecule has 1 heterocycles. The Labute approximate surface area is 148 Å². The molecule has 9 heteroatoms. The van der Waals surface area contributed by atoms with Crippen molar-refractivity contribution >= 4 is 28.7 Å². The van der Waals surface area contributed by atoms with Crippen molar-refractivity contribution in [2.45, 2.75) is 12.8 Å². The summed E-state index contributed by atoms with van der Waals surface area (Å²) in [6, 6.07) is 9.73. The minimum atomic E-state index is -0.558. The van der Waals surface area contributed by atoms with Gasteiger partial charge in [0, 0.05) is 43.0 Å². The Kier molecular flexibility index (Phi) is 4.78. The molecule has 0 saturated carbocycles. The lowest BCUT2D eigenvalue weighted by atomic mass is 10.1. The van der Waals surface area contributed by atoms with Gasteiger partial charge < -0.3 is 10.2 Å². The largest absolute Gasteiger partial charge is 0.371 e. The van der Waals surface area contributed by atoms with E-state index in [4.69, 9.17) is 0 Å². The van der Waals surface area contributed by atoms with Crippen molar-refractivity contribution in [3.8, 4) is 0 Å². The highest BCUT2D eigenvalue weighted by atomic mass is 16.6. The second-order valence-corrected chi connectivity index (χ2v) is 5.91. The van der Waals surface area contributed by atoms with Crippen molar-refractivity contribution in [3.63, 3.8) is 0 Å². The first-order chi connectivity index (χ1) is 12.5. The summed E-state index contributed by atoms with van der Waals surface area (Å²) in [6.45, 7) is 1.55. The molecule has 0 unspecified atom stereocenters. The summed E-state index contributed by atoms with van der Waals surface area (Å²) in [7, 11) is 0. The van der Waals surface area contributed by atoms with Crippen LogP contribution in [0, 0.1) is 20.2 Å². The van der Waals surface area contributed by atoms with E-state index in [-0.39, 0.29) is 22.6 Å². The number of benzene rings is 2. The van der Waals surface area contributed by atoms with E-state index in [1.807, 2.05) is 4.90 Å². The first kappa shape index (κ1) is 17.3. The Bertz CT molecular complexity index is 877. The molecular formula is C17H16N4O5. The minimum absolute atomic E-state index is 0.151. The van der Waals surface area contributed by atoms with Crippen LogP contribution in [0.5, 0.6) is 0 Å². The van der Waals surface area contributed by atoms with Gasteiger partial charge >= 0.3 is 0 Å². The first-order valence-electron chi connectivity index (χ1n) is 8.05. The number of anilines is 2. The fourth-order valence-electron chi connectivity index (χ4n) is 2.95. The van der Waals surface area contributed by atoms with Gasteiger partial charge in [0.1, 0.15) is 0 Å². The van der Waals surface area contributed by atoms with E-state index in [9.17, 15) is 25.0 Å². The van der Waals surface area contributed by atoms with E-state index in [2.05, 4.69) is 5.32 Å². The van der Waals surface area contributed by atoms with Crippen LogP contribution in [-0.4, -0.2) is 28.8 Å². The molecule has 1 fully saturated rings. The topological polar surface area (TPSA) is 119 Å². The van der Waals surface area contributed by atoms with Gasteiger partial charge in [-0.05, 0) is 25.0 Å². The van der Waals surface area contributed by atoms with Gasteiger partial charge in [-0.1, -0.05) is 6.07 Å². The fraction of sp³-hybridized carbons (Fsp3) is 0.235. The highest BCUT2D eigenvalue weighted by molar-refractivity contribution is 6.08. The van der Waals surface area contributed by atoms with Crippen molar-refractivity contribution in [2.75, 3.05) is 23.3 Å². The summed E-state index contributed by atoms with van der Waals surface area (Å²) in [5.74, 6) is -0.545. The molecule has 2 aromatic carbocycles. The number of hydrogen-bond acceptors (Lipinski definition) is 6. The molecule has 0 aliphatic carbocycles. The number of carbonyl (C=O) groups excluding carboxylic acids is 1. The Hall–Kier alpha value is -3.49. The predicted octanol–water partition coefficient (Wildman–Crippen LogP) is 3.36. The number of non-ortho nitro benzene ring substituents is 2. The molecule has 1 saturated heterocycles. The number of nitro benzene ring substituents is 2. The zero-order valence-electron chi connectivity index (χ0n) is 13.8. The summed E-state index contributed by atoms with van der Waals surface area (Å²) in [5.41, 5.74) is 0.713. The fourth-order valence-corrected chi connectivity index (χ4v) is 2.95. The summed E-state index contributed by atoms with van der Waals surface area (Å²) < 4.78 is 0. The predicted molar refractivity (Wildman–Crippen MR) is 95.6 cm³/mol. The van der Waals surface area contributed by atoms with Crippen LogP contribution < -0.4 is 10.2 Å². The molecule has 134 valence electrons. The van der Waals surface area contributed by atoms with E-state index in [0.29, 0.717) is 5.69 Å². The van der Waals surface area contributed by atoms with Crippen LogP contribution in [0.4, 0.5) is 22.7 Å². The van der Waals surface area contributed by atoms with Crippen molar-refractivity contribution in [1.29, 1.82) is 0 Å². The van der Waals surface area contributed by atoms with E-state index in [1.165, 1.54) is 36.4 Å². The van der Waals surface area contributed by atoms with Gasteiger partial charge in [0.15, 0.2) is 0 Å². The number of nitrogens with zero attached hydrogens (tertiary/aromatic N) is 3. The maximum Gasteiger partial charge on any atom is 0.271 e. The van der Waals surface area contributed by atoms with Gasteiger partial charge in [0.05, 0.1) is 21.1 Å². The SMILES string of the molecule is O=C(Nc1cccc([N+](=O)[O-])c1)c1cc([N+](=O)[O-])ccc1N1CCCC1. The Morgan fingerprint density at radius 3 is 2.27 bits per heavy atom. The lowest BCUT2D eigenvalue weighted by Gasteiger charge is -2.20. The lowest BCUT2D eigenvalue weighted by molar-refractivity contribution is -0.385. The van der Waals surface area contributed by atoms with E-state index < -0.39 is 15.8 Å². The van der Waals surface area contributed by atoms with Gasteiger partial charge in [-0.2, -0.15) is 0 Å². The van der Waals surface area contributed by atoms with Crippen LogP contribution >= 0.6 is 0 Å². The second kappa shape index (κ2) is 7.18. The van der Waals surface area contributed by atoms with Crippen LogP contribution in [0.3, 0.4) is 0 Å². The van der Waals surface area contributed by atoms with E-state index >= 15 is 0 Å². The molecule has 0 radical (unpaired) electrons. The molecule has 2 aromatic rings. The molecule has 0 bridgehead atoms. The third-order valence-electron chi connectivity index (χ3n) is 4.20. The molecule has 1 aliphatic heterocycles. The summed E-state index contributed by atoms with van der Waals surface area (Å²) in [6.07, 6.45) is 1.98. The van der Waals surface area contributed by atoms with Crippen LogP contribution in [0.25, 0.3) is 0 Å². The van der Waals surface area contributed by atoms with Gasteiger partial charge in [0.2, 0.25) is 0 Å². The van der Waals surface area contributed by atoms with Crippen LogP contribution in [0.15, 0.2) is 42.5 Å². The second-order valence-electron chi connectivity index (χ2n) is 5.91. The number of amides is 1. The highest BCUT2D eigenvalue weighted by Crippen LogP contribution is 2.29. The summed E-state index contributed by atoms with van der Waals surface area (Å²) >= 11 is 0.